The van der Waals surface area contributed by atoms with E-state index in [-0.39, 0.29) is 23.9 Å². The van der Waals surface area contributed by atoms with Gasteiger partial charge in [-0.1, -0.05) is 18.0 Å². The van der Waals surface area contributed by atoms with Crippen molar-refractivity contribution in [3.63, 3.8) is 0 Å². The fourth-order valence-electron chi connectivity index (χ4n) is 2.76. The minimum Gasteiger partial charge on any atom is -0.339 e. The van der Waals surface area contributed by atoms with Gasteiger partial charge in [-0.15, -0.1) is 12.4 Å². The molecule has 2 unspecified atom stereocenters. The van der Waals surface area contributed by atoms with Gasteiger partial charge in [0, 0.05) is 23.5 Å². The third-order valence-electron chi connectivity index (χ3n) is 3.93. The summed E-state index contributed by atoms with van der Waals surface area (Å²) in [6.45, 7) is 2.08. The molecule has 5 nitrogen and oxygen atoms in total. The molecule has 0 bridgehead atoms. The maximum Gasteiger partial charge on any atom is 0.231 e. The SMILES string of the molecule is CC1(N)CCCCC1c1nc(-c2ccncc2)no1.Cl. The summed E-state index contributed by atoms with van der Waals surface area (Å²) in [5.74, 6) is 1.43. The molecule has 1 fully saturated rings. The first-order valence-corrected chi connectivity index (χ1v) is 6.70. The number of pyridine rings is 1. The van der Waals surface area contributed by atoms with Crippen LogP contribution >= 0.6 is 12.4 Å². The Morgan fingerprint density at radius 2 is 2.05 bits per heavy atom. The fourth-order valence-corrected chi connectivity index (χ4v) is 2.76. The van der Waals surface area contributed by atoms with Crippen LogP contribution in [0.25, 0.3) is 11.4 Å². The van der Waals surface area contributed by atoms with E-state index >= 15 is 0 Å². The number of halogens is 1. The number of rotatable bonds is 2. The Bertz CT molecular complexity index is 555. The summed E-state index contributed by atoms with van der Waals surface area (Å²) in [6.07, 6.45) is 7.81. The van der Waals surface area contributed by atoms with E-state index in [2.05, 4.69) is 22.0 Å². The van der Waals surface area contributed by atoms with E-state index < -0.39 is 0 Å². The third kappa shape index (κ3) is 2.83. The van der Waals surface area contributed by atoms with Crippen LogP contribution in [-0.4, -0.2) is 20.7 Å². The Balaban J connectivity index is 0.00000147. The molecule has 1 aliphatic carbocycles. The lowest BCUT2D eigenvalue weighted by molar-refractivity contribution is 0.223. The molecule has 2 N–H and O–H groups in total. The van der Waals surface area contributed by atoms with Crippen LogP contribution in [0.5, 0.6) is 0 Å². The molecule has 0 saturated heterocycles. The summed E-state index contributed by atoms with van der Waals surface area (Å²) in [4.78, 5) is 8.50. The number of nitrogens with two attached hydrogens (primary N) is 1. The lowest BCUT2D eigenvalue weighted by Crippen LogP contribution is -2.44. The monoisotopic (exact) mass is 294 g/mol. The van der Waals surface area contributed by atoms with E-state index in [0.29, 0.717) is 11.7 Å². The van der Waals surface area contributed by atoms with Crippen LogP contribution in [0.3, 0.4) is 0 Å². The average Bonchev–Trinajstić information content (AvgIpc) is 2.88. The fraction of sp³-hybridized carbons (Fsp3) is 0.500. The number of hydrogen-bond acceptors (Lipinski definition) is 5. The Morgan fingerprint density at radius 3 is 2.75 bits per heavy atom. The molecule has 2 aromatic heterocycles. The zero-order chi connectivity index (χ0) is 13.3. The summed E-state index contributed by atoms with van der Waals surface area (Å²) >= 11 is 0. The van der Waals surface area contributed by atoms with Gasteiger partial charge in [0.1, 0.15) is 0 Å². The third-order valence-corrected chi connectivity index (χ3v) is 3.93. The van der Waals surface area contributed by atoms with Gasteiger partial charge >= 0.3 is 0 Å². The molecule has 108 valence electrons. The van der Waals surface area contributed by atoms with Gasteiger partial charge in [0.05, 0.1) is 5.92 Å². The topological polar surface area (TPSA) is 77.8 Å². The minimum absolute atomic E-state index is 0. The molecular formula is C14H19ClN4O. The summed E-state index contributed by atoms with van der Waals surface area (Å²) in [5, 5.41) is 4.06. The van der Waals surface area contributed by atoms with Gasteiger partial charge in [-0.05, 0) is 31.9 Å². The van der Waals surface area contributed by atoms with Crippen molar-refractivity contribution >= 4 is 12.4 Å². The predicted molar refractivity (Wildman–Crippen MR) is 78.6 cm³/mol. The highest BCUT2D eigenvalue weighted by atomic mass is 35.5. The van der Waals surface area contributed by atoms with Gasteiger partial charge in [0.2, 0.25) is 11.7 Å². The maximum absolute atomic E-state index is 6.36. The van der Waals surface area contributed by atoms with Crippen LogP contribution in [0.4, 0.5) is 0 Å². The second-order valence-corrected chi connectivity index (χ2v) is 5.50. The van der Waals surface area contributed by atoms with E-state index in [9.17, 15) is 0 Å². The zero-order valence-corrected chi connectivity index (χ0v) is 12.3. The van der Waals surface area contributed by atoms with E-state index in [1.54, 1.807) is 12.4 Å². The number of nitrogens with zero attached hydrogens (tertiary/aromatic N) is 3. The van der Waals surface area contributed by atoms with Gasteiger partial charge in [-0.25, -0.2) is 0 Å². The standard InChI is InChI=1S/C14H18N4O.ClH/c1-14(15)7-3-2-4-11(14)13-17-12(18-19-13)10-5-8-16-9-6-10;/h5-6,8-9,11H,2-4,7,15H2,1H3;1H. The lowest BCUT2D eigenvalue weighted by atomic mass is 9.74. The average molecular weight is 295 g/mol. The van der Waals surface area contributed by atoms with Crippen molar-refractivity contribution in [1.82, 2.24) is 15.1 Å². The molecule has 2 atom stereocenters. The minimum atomic E-state index is -0.250. The predicted octanol–water partition coefficient (Wildman–Crippen LogP) is 2.93. The Hall–Kier alpha value is -1.46. The van der Waals surface area contributed by atoms with E-state index in [0.717, 1.165) is 18.4 Å². The lowest BCUT2D eigenvalue weighted by Gasteiger charge is -2.35. The summed E-state index contributed by atoms with van der Waals surface area (Å²) in [6, 6.07) is 3.74. The quantitative estimate of drug-likeness (QED) is 0.921. The van der Waals surface area contributed by atoms with Crippen LogP contribution in [0, 0.1) is 0 Å². The molecule has 20 heavy (non-hydrogen) atoms. The van der Waals surface area contributed by atoms with Gasteiger partial charge in [0.15, 0.2) is 0 Å². The largest absolute Gasteiger partial charge is 0.339 e. The van der Waals surface area contributed by atoms with Crippen molar-refractivity contribution in [3.8, 4) is 11.4 Å². The van der Waals surface area contributed by atoms with Crippen molar-refractivity contribution in [2.75, 3.05) is 0 Å². The highest BCUT2D eigenvalue weighted by Gasteiger charge is 2.37. The summed E-state index contributed by atoms with van der Waals surface area (Å²) < 4.78 is 5.43. The zero-order valence-electron chi connectivity index (χ0n) is 11.5. The highest BCUT2D eigenvalue weighted by molar-refractivity contribution is 5.85. The Morgan fingerprint density at radius 1 is 1.30 bits per heavy atom. The molecule has 2 aromatic rings. The second-order valence-electron chi connectivity index (χ2n) is 5.50. The van der Waals surface area contributed by atoms with E-state index in [1.807, 2.05) is 12.1 Å². The van der Waals surface area contributed by atoms with Crippen LogP contribution in [0.2, 0.25) is 0 Å². The van der Waals surface area contributed by atoms with Gasteiger partial charge in [-0.2, -0.15) is 4.98 Å². The molecule has 0 spiro atoms. The molecule has 6 heteroatoms. The number of aromatic nitrogens is 3. The van der Waals surface area contributed by atoms with Crippen molar-refractivity contribution in [1.29, 1.82) is 0 Å². The first-order chi connectivity index (χ1) is 9.17. The molecule has 0 radical (unpaired) electrons. The molecule has 3 rings (SSSR count). The molecule has 1 saturated carbocycles. The van der Waals surface area contributed by atoms with Crippen LogP contribution in [0.1, 0.15) is 44.4 Å². The normalized spacial score (nSPS) is 26.0. The molecule has 0 aliphatic heterocycles. The van der Waals surface area contributed by atoms with Crippen LogP contribution < -0.4 is 5.73 Å². The van der Waals surface area contributed by atoms with Crippen molar-refractivity contribution < 1.29 is 4.52 Å². The first-order valence-electron chi connectivity index (χ1n) is 6.70. The Labute approximate surface area is 124 Å². The maximum atomic E-state index is 6.36. The van der Waals surface area contributed by atoms with Gasteiger partial charge in [-0.3, -0.25) is 4.98 Å². The highest BCUT2D eigenvalue weighted by Crippen LogP contribution is 2.38. The smallest absolute Gasteiger partial charge is 0.231 e. The van der Waals surface area contributed by atoms with Crippen molar-refractivity contribution in [2.45, 2.75) is 44.1 Å². The molecule has 1 aliphatic rings. The first kappa shape index (κ1) is 14.9. The van der Waals surface area contributed by atoms with Crippen molar-refractivity contribution in [2.24, 2.45) is 5.73 Å². The van der Waals surface area contributed by atoms with Crippen LogP contribution in [-0.2, 0) is 0 Å². The molecule has 0 amide bonds. The summed E-state index contributed by atoms with van der Waals surface area (Å²) in [5.41, 5.74) is 7.03. The van der Waals surface area contributed by atoms with E-state index in [4.69, 9.17) is 10.3 Å². The molecular weight excluding hydrogens is 276 g/mol. The van der Waals surface area contributed by atoms with E-state index in [1.165, 1.54) is 12.8 Å². The molecule has 2 heterocycles. The van der Waals surface area contributed by atoms with Gasteiger partial charge < -0.3 is 10.3 Å². The molecule has 0 aromatic carbocycles. The van der Waals surface area contributed by atoms with Crippen LogP contribution in [0.15, 0.2) is 29.0 Å². The second kappa shape index (κ2) is 5.89. The summed E-state index contributed by atoms with van der Waals surface area (Å²) in [7, 11) is 0. The van der Waals surface area contributed by atoms with Crippen molar-refractivity contribution in [3.05, 3.63) is 30.4 Å². The van der Waals surface area contributed by atoms with Gasteiger partial charge in [0.25, 0.3) is 0 Å². The Kier molecular flexibility index (Phi) is 4.40. The number of hydrogen-bond donors (Lipinski definition) is 1.